The largest absolute Gasteiger partial charge is 0.497 e. The van der Waals surface area contributed by atoms with Crippen LogP contribution in [0.25, 0.3) is 10.2 Å². The minimum Gasteiger partial charge on any atom is -0.497 e. The number of benzene rings is 1. The van der Waals surface area contributed by atoms with E-state index in [4.69, 9.17) is 4.74 Å². The molecule has 1 amide bonds. The smallest absolute Gasteiger partial charge is 0.259 e. The number of fused-ring (bicyclic) bond motifs is 3. The van der Waals surface area contributed by atoms with Gasteiger partial charge in [-0.3, -0.25) is 9.59 Å². The normalized spacial score (nSPS) is 14.5. The SMILES string of the molecule is COc1ccc(C(NC(=O)CCc2nc3sc4c(c3c(=O)[nH]2)CCCC4)C(C)C)cc1. The van der Waals surface area contributed by atoms with Crippen molar-refractivity contribution < 1.29 is 9.53 Å². The summed E-state index contributed by atoms with van der Waals surface area (Å²) in [5.41, 5.74) is 2.16. The van der Waals surface area contributed by atoms with E-state index in [2.05, 4.69) is 29.1 Å². The fourth-order valence-electron chi connectivity index (χ4n) is 4.25. The van der Waals surface area contributed by atoms with Gasteiger partial charge >= 0.3 is 0 Å². The number of carbonyl (C=O) groups is 1. The number of aromatic nitrogens is 2. The number of nitrogens with zero attached hydrogens (tertiary/aromatic N) is 1. The highest BCUT2D eigenvalue weighted by Gasteiger charge is 2.21. The van der Waals surface area contributed by atoms with Crippen molar-refractivity contribution in [3.05, 3.63) is 56.4 Å². The summed E-state index contributed by atoms with van der Waals surface area (Å²) in [5.74, 6) is 1.56. The third-order valence-corrected chi connectivity index (χ3v) is 7.11. The first-order valence-electron chi connectivity index (χ1n) is 10.9. The lowest BCUT2D eigenvalue weighted by atomic mass is 9.95. The highest BCUT2D eigenvalue weighted by Crippen LogP contribution is 2.33. The van der Waals surface area contributed by atoms with Crippen molar-refractivity contribution in [3.63, 3.8) is 0 Å². The number of nitrogens with one attached hydrogen (secondary N) is 2. The van der Waals surface area contributed by atoms with E-state index in [1.165, 1.54) is 16.9 Å². The molecule has 3 aromatic rings. The number of rotatable bonds is 7. The number of amides is 1. The third kappa shape index (κ3) is 4.66. The van der Waals surface area contributed by atoms with E-state index in [0.29, 0.717) is 12.2 Å². The second kappa shape index (κ2) is 9.22. The Morgan fingerprint density at radius 3 is 2.68 bits per heavy atom. The van der Waals surface area contributed by atoms with E-state index in [1.807, 2.05) is 24.3 Å². The standard InChI is InChI=1S/C24H29N3O3S/c1-14(2)22(15-8-10-16(30-3)11-9-15)27-20(28)13-12-19-25-23(29)21-17-6-4-5-7-18(17)31-24(21)26-19/h8-11,14,22H,4-7,12-13H2,1-3H3,(H,27,28)(H,25,26,29). The molecule has 7 heteroatoms. The lowest BCUT2D eigenvalue weighted by Gasteiger charge is -2.23. The molecule has 164 valence electrons. The van der Waals surface area contributed by atoms with Gasteiger partial charge in [0.05, 0.1) is 18.5 Å². The van der Waals surface area contributed by atoms with Crippen LogP contribution in [0.5, 0.6) is 5.75 Å². The molecule has 1 aromatic carbocycles. The van der Waals surface area contributed by atoms with Crippen molar-refractivity contribution in [1.29, 1.82) is 0 Å². The van der Waals surface area contributed by atoms with Gasteiger partial charge in [0.15, 0.2) is 0 Å². The molecule has 1 aliphatic carbocycles. The lowest BCUT2D eigenvalue weighted by molar-refractivity contribution is -0.122. The molecule has 6 nitrogen and oxygen atoms in total. The average molecular weight is 440 g/mol. The Morgan fingerprint density at radius 1 is 1.23 bits per heavy atom. The molecule has 0 bridgehead atoms. The molecule has 0 radical (unpaired) electrons. The highest BCUT2D eigenvalue weighted by molar-refractivity contribution is 7.18. The van der Waals surface area contributed by atoms with Crippen molar-refractivity contribution in [1.82, 2.24) is 15.3 Å². The predicted octanol–water partition coefficient (Wildman–Crippen LogP) is 4.32. The van der Waals surface area contributed by atoms with E-state index in [-0.39, 0.29) is 29.8 Å². The first-order valence-corrected chi connectivity index (χ1v) is 11.7. The average Bonchev–Trinajstić information content (AvgIpc) is 3.15. The first kappa shape index (κ1) is 21.6. The number of carbonyl (C=O) groups excluding carboxylic acids is 1. The zero-order valence-electron chi connectivity index (χ0n) is 18.3. The van der Waals surface area contributed by atoms with Gasteiger partial charge in [-0.15, -0.1) is 11.3 Å². The molecule has 0 fully saturated rings. The summed E-state index contributed by atoms with van der Waals surface area (Å²) in [6.07, 6.45) is 4.99. The van der Waals surface area contributed by atoms with Crippen LogP contribution in [0.3, 0.4) is 0 Å². The van der Waals surface area contributed by atoms with Gasteiger partial charge in [0, 0.05) is 17.7 Å². The first-order chi connectivity index (χ1) is 15.0. The minimum absolute atomic E-state index is 0.0530. The monoisotopic (exact) mass is 439 g/mol. The molecule has 31 heavy (non-hydrogen) atoms. The Kier molecular flexibility index (Phi) is 6.41. The summed E-state index contributed by atoms with van der Waals surface area (Å²) in [4.78, 5) is 35.1. The van der Waals surface area contributed by atoms with Crippen LogP contribution in [0.4, 0.5) is 0 Å². The number of H-pyrrole nitrogens is 1. The number of thiophene rings is 1. The van der Waals surface area contributed by atoms with Gasteiger partial charge in [0.2, 0.25) is 5.91 Å². The van der Waals surface area contributed by atoms with Crippen molar-refractivity contribution in [3.8, 4) is 5.75 Å². The summed E-state index contributed by atoms with van der Waals surface area (Å²) >= 11 is 1.64. The molecule has 0 aliphatic heterocycles. The predicted molar refractivity (Wildman–Crippen MR) is 124 cm³/mol. The van der Waals surface area contributed by atoms with Crippen molar-refractivity contribution in [2.45, 2.75) is 58.4 Å². The maximum atomic E-state index is 12.7. The van der Waals surface area contributed by atoms with Gasteiger partial charge in [-0.25, -0.2) is 4.98 Å². The van der Waals surface area contributed by atoms with Crippen molar-refractivity contribution in [2.24, 2.45) is 5.92 Å². The lowest BCUT2D eigenvalue weighted by Crippen LogP contribution is -2.32. The fourth-order valence-corrected chi connectivity index (χ4v) is 5.53. The Bertz CT molecular complexity index is 1130. The number of ether oxygens (including phenoxy) is 1. The Morgan fingerprint density at radius 2 is 1.97 bits per heavy atom. The van der Waals surface area contributed by atoms with Gasteiger partial charge < -0.3 is 15.0 Å². The van der Waals surface area contributed by atoms with Crippen LogP contribution in [0.1, 0.15) is 61.0 Å². The van der Waals surface area contributed by atoms with Crippen LogP contribution in [-0.4, -0.2) is 23.0 Å². The summed E-state index contributed by atoms with van der Waals surface area (Å²) in [6.45, 7) is 4.17. The number of hydrogen-bond acceptors (Lipinski definition) is 5. The molecule has 0 saturated heterocycles. The summed E-state index contributed by atoms with van der Waals surface area (Å²) in [7, 11) is 1.64. The Balaban J connectivity index is 1.45. The summed E-state index contributed by atoms with van der Waals surface area (Å²) < 4.78 is 5.22. The Hall–Kier alpha value is -2.67. The molecule has 2 N–H and O–H groups in total. The molecule has 1 aliphatic rings. The van der Waals surface area contributed by atoms with E-state index >= 15 is 0 Å². The van der Waals surface area contributed by atoms with Crippen molar-refractivity contribution in [2.75, 3.05) is 7.11 Å². The topological polar surface area (TPSA) is 84.1 Å². The molecule has 0 spiro atoms. The van der Waals surface area contributed by atoms with E-state index < -0.39 is 0 Å². The maximum Gasteiger partial charge on any atom is 0.259 e. The molecule has 4 rings (SSSR count). The molecule has 0 saturated carbocycles. The second-order valence-electron chi connectivity index (χ2n) is 8.47. The molecule has 1 atom stereocenters. The van der Waals surface area contributed by atoms with Crippen LogP contribution in [0.2, 0.25) is 0 Å². The molecular formula is C24H29N3O3S. The van der Waals surface area contributed by atoms with Crippen molar-refractivity contribution >= 4 is 27.5 Å². The summed E-state index contributed by atoms with van der Waals surface area (Å²) in [6, 6.07) is 7.69. The quantitative estimate of drug-likeness (QED) is 0.574. The van der Waals surface area contributed by atoms with E-state index in [0.717, 1.165) is 40.8 Å². The van der Waals surface area contributed by atoms with Crippen LogP contribution >= 0.6 is 11.3 Å². The van der Waals surface area contributed by atoms with Gasteiger partial charge in [-0.05, 0) is 54.9 Å². The second-order valence-corrected chi connectivity index (χ2v) is 9.55. The zero-order valence-corrected chi connectivity index (χ0v) is 19.1. The van der Waals surface area contributed by atoms with Gasteiger partial charge in [-0.1, -0.05) is 26.0 Å². The highest BCUT2D eigenvalue weighted by atomic mass is 32.1. The number of methoxy groups -OCH3 is 1. The van der Waals surface area contributed by atoms with Crippen LogP contribution in [0.15, 0.2) is 29.1 Å². The number of hydrogen-bond donors (Lipinski definition) is 2. The molecular weight excluding hydrogens is 410 g/mol. The number of aromatic amines is 1. The zero-order chi connectivity index (χ0) is 22.0. The molecule has 1 unspecified atom stereocenters. The van der Waals surface area contributed by atoms with Crippen LogP contribution < -0.4 is 15.6 Å². The Labute approximate surface area is 186 Å². The summed E-state index contributed by atoms with van der Waals surface area (Å²) in [5, 5.41) is 3.89. The van der Waals surface area contributed by atoms with Gasteiger partial charge in [0.25, 0.3) is 5.56 Å². The van der Waals surface area contributed by atoms with E-state index in [1.54, 1.807) is 18.4 Å². The van der Waals surface area contributed by atoms with Crippen LogP contribution in [-0.2, 0) is 24.1 Å². The van der Waals surface area contributed by atoms with E-state index in [9.17, 15) is 9.59 Å². The van der Waals surface area contributed by atoms with Gasteiger partial charge in [-0.2, -0.15) is 0 Å². The molecule has 2 heterocycles. The maximum absolute atomic E-state index is 12.7. The molecule has 2 aromatic heterocycles. The van der Waals surface area contributed by atoms with Crippen LogP contribution in [0, 0.1) is 5.92 Å². The minimum atomic E-state index is -0.0862. The third-order valence-electron chi connectivity index (χ3n) is 5.92. The van der Waals surface area contributed by atoms with Gasteiger partial charge in [0.1, 0.15) is 16.4 Å². The fraction of sp³-hybridized carbons (Fsp3) is 0.458. The number of aryl methyl sites for hydroxylation is 3.